The Morgan fingerprint density at radius 1 is 1.33 bits per heavy atom. The number of hydrogen-bond donors (Lipinski definition) is 1. The van der Waals surface area contributed by atoms with Crippen molar-refractivity contribution in [2.45, 2.75) is 32.2 Å². The molecule has 0 fully saturated rings. The van der Waals surface area contributed by atoms with Crippen LogP contribution in [0.15, 0.2) is 12.1 Å². The summed E-state index contributed by atoms with van der Waals surface area (Å²) >= 11 is 6.33. The number of nitrogens with two attached hydrogens (primary N) is 1. The molecule has 0 amide bonds. The van der Waals surface area contributed by atoms with Gasteiger partial charge < -0.3 is 20.1 Å². The minimum Gasteiger partial charge on any atom is -0.493 e. The highest BCUT2D eigenvalue weighted by atomic mass is 35.5. The van der Waals surface area contributed by atoms with Crippen LogP contribution in [0.1, 0.15) is 25.3 Å². The number of rotatable bonds is 9. The molecule has 4 nitrogen and oxygen atoms in total. The van der Waals surface area contributed by atoms with Crippen LogP contribution in [0, 0.1) is 0 Å². The number of hydrogen-bond acceptors (Lipinski definition) is 4. The summed E-state index contributed by atoms with van der Waals surface area (Å²) < 4.78 is 11.2. The fraction of sp³-hybridized carbons (Fsp3) is 0.625. The van der Waals surface area contributed by atoms with Crippen molar-refractivity contribution in [3.05, 3.63) is 22.7 Å². The van der Waals surface area contributed by atoms with Gasteiger partial charge in [0.2, 0.25) is 0 Å². The molecule has 0 aliphatic carbocycles. The molecule has 2 N–H and O–H groups in total. The van der Waals surface area contributed by atoms with Crippen LogP contribution in [0.25, 0.3) is 0 Å². The van der Waals surface area contributed by atoms with Gasteiger partial charge in [0, 0.05) is 12.6 Å². The van der Waals surface area contributed by atoms with Gasteiger partial charge in [0.15, 0.2) is 11.5 Å². The van der Waals surface area contributed by atoms with Crippen LogP contribution in [0.2, 0.25) is 5.02 Å². The topological polar surface area (TPSA) is 47.7 Å². The lowest BCUT2D eigenvalue weighted by atomic mass is 10.0. The molecule has 0 saturated heterocycles. The highest BCUT2D eigenvalue weighted by Gasteiger charge is 2.13. The van der Waals surface area contributed by atoms with E-state index in [1.165, 1.54) is 0 Å². The average molecular weight is 315 g/mol. The summed E-state index contributed by atoms with van der Waals surface area (Å²) in [7, 11) is 5.71. The van der Waals surface area contributed by atoms with Crippen molar-refractivity contribution in [1.82, 2.24) is 4.90 Å². The summed E-state index contributed by atoms with van der Waals surface area (Å²) in [5.74, 6) is 1.29. The van der Waals surface area contributed by atoms with Crippen LogP contribution in [0.5, 0.6) is 11.5 Å². The third kappa shape index (κ3) is 6.12. The molecule has 0 aliphatic rings. The molecule has 1 rings (SSSR count). The monoisotopic (exact) mass is 314 g/mol. The van der Waals surface area contributed by atoms with E-state index in [1.807, 2.05) is 26.2 Å². The van der Waals surface area contributed by atoms with Crippen LogP contribution >= 0.6 is 11.6 Å². The number of benzene rings is 1. The van der Waals surface area contributed by atoms with E-state index in [9.17, 15) is 0 Å². The van der Waals surface area contributed by atoms with Gasteiger partial charge in [0.1, 0.15) is 0 Å². The highest BCUT2D eigenvalue weighted by Crippen LogP contribution is 2.36. The molecule has 0 spiro atoms. The van der Waals surface area contributed by atoms with Gasteiger partial charge in [-0.25, -0.2) is 0 Å². The molecule has 5 heteroatoms. The quantitative estimate of drug-likeness (QED) is 0.712. The summed E-state index contributed by atoms with van der Waals surface area (Å²) in [5.41, 5.74) is 7.07. The third-order valence-corrected chi connectivity index (χ3v) is 3.59. The average Bonchev–Trinajstić information content (AvgIpc) is 2.44. The zero-order valence-electron chi connectivity index (χ0n) is 13.5. The molecule has 21 heavy (non-hydrogen) atoms. The molecule has 1 aromatic rings. The SMILES string of the molecule is CCC(N)Cc1cc(Cl)c(OCCCN(C)C)c(OC)c1. The molecule has 0 saturated carbocycles. The van der Waals surface area contributed by atoms with Crippen molar-refractivity contribution in [2.24, 2.45) is 5.73 Å². The van der Waals surface area contributed by atoms with E-state index in [0.717, 1.165) is 31.4 Å². The van der Waals surface area contributed by atoms with E-state index in [4.69, 9.17) is 26.8 Å². The number of halogens is 1. The Bertz CT molecular complexity index is 439. The summed E-state index contributed by atoms with van der Waals surface area (Å²) in [6.45, 7) is 3.66. The number of methoxy groups -OCH3 is 1. The van der Waals surface area contributed by atoms with Crippen molar-refractivity contribution in [2.75, 3.05) is 34.4 Å². The first-order chi connectivity index (χ1) is 9.97. The van der Waals surface area contributed by atoms with Gasteiger partial charge in [0.25, 0.3) is 0 Å². The Balaban J connectivity index is 2.75. The minimum absolute atomic E-state index is 0.137. The van der Waals surface area contributed by atoms with Crippen molar-refractivity contribution >= 4 is 11.6 Å². The Morgan fingerprint density at radius 2 is 2.05 bits per heavy atom. The predicted octanol–water partition coefficient (Wildman–Crippen LogP) is 2.96. The lowest BCUT2D eigenvalue weighted by Crippen LogP contribution is -2.21. The van der Waals surface area contributed by atoms with Crippen molar-refractivity contribution in [3.63, 3.8) is 0 Å². The van der Waals surface area contributed by atoms with Crippen LogP contribution in [-0.4, -0.2) is 45.3 Å². The van der Waals surface area contributed by atoms with Crippen LogP contribution in [0.3, 0.4) is 0 Å². The van der Waals surface area contributed by atoms with Crippen LogP contribution < -0.4 is 15.2 Å². The molecule has 0 aliphatic heterocycles. The summed E-state index contributed by atoms with van der Waals surface area (Å²) in [4.78, 5) is 2.12. The van der Waals surface area contributed by atoms with Crippen molar-refractivity contribution < 1.29 is 9.47 Å². The maximum atomic E-state index is 6.33. The lowest BCUT2D eigenvalue weighted by Gasteiger charge is -2.16. The molecular weight excluding hydrogens is 288 g/mol. The molecule has 1 unspecified atom stereocenters. The standard InChI is InChI=1S/C16H27ClN2O2/c1-5-13(18)9-12-10-14(17)16(15(11-12)20-4)21-8-6-7-19(2)3/h10-11,13H,5-9,18H2,1-4H3. The molecule has 120 valence electrons. The smallest absolute Gasteiger partial charge is 0.179 e. The third-order valence-electron chi connectivity index (χ3n) is 3.31. The van der Waals surface area contributed by atoms with Gasteiger partial charge in [-0.3, -0.25) is 0 Å². The van der Waals surface area contributed by atoms with E-state index < -0.39 is 0 Å². The Morgan fingerprint density at radius 3 is 2.62 bits per heavy atom. The van der Waals surface area contributed by atoms with E-state index >= 15 is 0 Å². The first-order valence-electron chi connectivity index (χ1n) is 7.37. The maximum absolute atomic E-state index is 6.33. The van der Waals surface area contributed by atoms with E-state index in [2.05, 4.69) is 11.8 Å². The highest BCUT2D eigenvalue weighted by molar-refractivity contribution is 6.32. The Kier molecular flexibility index (Phi) is 7.86. The molecule has 0 bridgehead atoms. The first kappa shape index (κ1) is 18.1. The fourth-order valence-electron chi connectivity index (χ4n) is 2.03. The van der Waals surface area contributed by atoms with E-state index in [1.54, 1.807) is 7.11 Å². The van der Waals surface area contributed by atoms with Crippen molar-refractivity contribution in [3.8, 4) is 11.5 Å². The molecule has 0 heterocycles. The molecule has 1 atom stereocenters. The summed E-state index contributed by atoms with van der Waals surface area (Å²) in [6.07, 6.45) is 2.66. The van der Waals surface area contributed by atoms with Gasteiger partial charge in [0.05, 0.1) is 18.7 Å². The maximum Gasteiger partial charge on any atom is 0.179 e. The summed E-state index contributed by atoms with van der Waals surface area (Å²) in [6, 6.07) is 4.02. The predicted molar refractivity (Wildman–Crippen MR) is 88.6 cm³/mol. The number of nitrogens with zero attached hydrogens (tertiary/aromatic N) is 1. The van der Waals surface area contributed by atoms with Gasteiger partial charge in [-0.1, -0.05) is 18.5 Å². The Labute approximate surface area is 133 Å². The van der Waals surface area contributed by atoms with Gasteiger partial charge in [-0.15, -0.1) is 0 Å². The largest absolute Gasteiger partial charge is 0.493 e. The van der Waals surface area contributed by atoms with Gasteiger partial charge >= 0.3 is 0 Å². The van der Waals surface area contributed by atoms with Crippen molar-refractivity contribution in [1.29, 1.82) is 0 Å². The lowest BCUT2D eigenvalue weighted by molar-refractivity contribution is 0.268. The number of ether oxygens (including phenoxy) is 2. The summed E-state index contributed by atoms with van der Waals surface area (Å²) in [5, 5.41) is 0.581. The first-order valence-corrected chi connectivity index (χ1v) is 7.75. The fourth-order valence-corrected chi connectivity index (χ4v) is 2.32. The van der Waals surface area contributed by atoms with Crippen LogP contribution in [-0.2, 0) is 6.42 Å². The molecule has 0 aromatic heterocycles. The minimum atomic E-state index is 0.137. The van der Waals surface area contributed by atoms with Gasteiger partial charge in [-0.05, 0) is 51.1 Å². The normalized spacial score (nSPS) is 12.5. The van der Waals surface area contributed by atoms with E-state index in [0.29, 0.717) is 23.1 Å². The van der Waals surface area contributed by atoms with Gasteiger partial charge in [-0.2, -0.15) is 0 Å². The second kappa shape index (κ2) is 9.13. The molecular formula is C16H27ClN2O2. The molecule has 1 aromatic carbocycles. The van der Waals surface area contributed by atoms with Crippen LogP contribution in [0.4, 0.5) is 0 Å². The zero-order valence-corrected chi connectivity index (χ0v) is 14.2. The Hall–Kier alpha value is -0.970. The second-order valence-corrected chi connectivity index (χ2v) is 5.89. The molecule has 0 radical (unpaired) electrons. The zero-order chi connectivity index (χ0) is 15.8. The van der Waals surface area contributed by atoms with E-state index in [-0.39, 0.29) is 6.04 Å². The second-order valence-electron chi connectivity index (χ2n) is 5.49.